The zero-order valence-electron chi connectivity index (χ0n) is 11.1. The minimum Gasteiger partial charge on any atom is -0.377 e. The number of aromatic nitrogens is 1. The summed E-state index contributed by atoms with van der Waals surface area (Å²) in [6.07, 6.45) is 3.28. The van der Waals surface area contributed by atoms with Crippen LogP contribution in [0, 0.1) is 0 Å². The first-order valence-corrected chi connectivity index (χ1v) is 6.70. The Balaban J connectivity index is 1.88. The molecule has 1 aliphatic heterocycles. The smallest absolute Gasteiger partial charge is 0.256 e. The van der Waals surface area contributed by atoms with Gasteiger partial charge in [-0.1, -0.05) is 30.3 Å². The summed E-state index contributed by atoms with van der Waals surface area (Å²) >= 11 is 0. The predicted molar refractivity (Wildman–Crippen MR) is 75.3 cm³/mol. The van der Waals surface area contributed by atoms with Crippen molar-refractivity contribution >= 4 is 5.91 Å². The Bertz CT molecular complexity index is 572. The molecule has 0 saturated carbocycles. The van der Waals surface area contributed by atoms with Gasteiger partial charge >= 0.3 is 0 Å². The van der Waals surface area contributed by atoms with Crippen molar-refractivity contribution in [3.63, 3.8) is 0 Å². The topological polar surface area (TPSA) is 42.4 Å². The van der Waals surface area contributed by atoms with E-state index in [1.54, 1.807) is 24.5 Å². The molecule has 1 fully saturated rings. The lowest BCUT2D eigenvalue weighted by Gasteiger charge is -2.36. The third-order valence-corrected chi connectivity index (χ3v) is 3.48. The van der Waals surface area contributed by atoms with Crippen LogP contribution in [0.5, 0.6) is 0 Å². The maximum absolute atomic E-state index is 12.6. The lowest BCUT2D eigenvalue weighted by atomic mass is 10.0. The Morgan fingerprint density at radius 1 is 1.20 bits per heavy atom. The van der Waals surface area contributed by atoms with Gasteiger partial charge in [0.15, 0.2) is 0 Å². The molecule has 20 heavy (non-hydrogen) atoms. The Morgan fingerprint density at radius 2 is 2.05 bits per heavy atom. The molecule has 2 aromatic rings. The molecule has 3 rings (SSSR count). The summed E-state index contributed by atoms with van der Waals surface area (Å²) in [5.41, 5.74) is 1.72. The molecule has 1 aliphatic rings. The first-order valence-electron chi connectivity index (χ1n) is 6.70. The quantitative estimate of drug-likeness (QED) is 0.839. The van der Waals surface area contributed by atoms with Crippen molar-refractivity contribution in [1.29, 1.82) is 0 Å². The first kappa shape index (κ1) is 12.8. The number of morpholine rings is 1. The largest absolute Gasteiger partial charge is 0.377 e. The summed E-state index contributed by atoms with van der Waals surface area (Å²) < 4.78 is 5.54. The minimum absolute atomic E-state index is 0.00949. The van der Waals surface area contributed by atoms with E-state index in [1.807, 2.05) is 35.2 Å². The number of nitrogens with zero attached hydrogens (tertiary/aromatic N) is 2. The molecule has 1 aromatic heterocycles. The van der Waals surface area contributed by atoms with Gasteiger partial charge in [-0.15, -0.1) is 0 Å². The molecule has 1 atom stereocenters. The monoisotopic (exact) mass is 268 g/mol. The number of carbonyl (C=O) groups is 1. The van der Waals surface area contributed by atoms with Gasteiger partial charge in [0.2, 0.25) is 0 Å². The third-order valence-electron chi connectivity index (χ3n) is 3.48. The zero-order chi connectivity index (χ0) is 13.8. The maximum Gasteiger partial charge on any atom is 0.256 e. The van der Waals surface area contributed by atoms with Crippen molar-refractivity contribution in [2.45, 2.75) is 6.04 Å². The number of pyridine rings is 1. The van der Waals surface area contributed by atoms with Crippen molar-refractivity contribution in [2.24, 2.45) is 0 Å². The van der Waals surface area contributed by atoms with Gasteiger partial charge in [-0.3, -0.25) is 9.78 Å². The van der Waals surface area contributed by atoms with E-state index >= 15 is 0 Å². The summed E-state index contributed by atoms with van der Waals surface area (Å²) in [6.45, 7) is 1.72. The van der Waals surface area contributed by atoms with Crippen LogP contribution < -0.4 is 0 Å². The molecule has 0 N–H and O–H groups in total. The van der Waals surface area contributed by atoms with E-state index in [9.17, 15) is 4.79 Å². The average molecular weight is 268 g/mol. The van der Waals surface area contributed by atoms with Gasteiger partial charge in [0.25, 0.3) is 5.91 Å². The molecule has 4 heteroatoms. The second kappa shape index (κ2) is 5.84. The molecule has 102 valence electrons. The van der Waals surface area contributed by atoms with Crippen LogP contribution in [0.4, 0.5) is 0 Å². The number of rotatable bonds is 2. The summed E-state index contributed by atoms with van der Waals surface area (Å²) in [5, 5.41) is 0. The lowest BCUT2D eigenvalue weighted by molar-refractivity contribution is -0.00271. The Morgan fingerprint density at radius 3 is 2.80 bits per heavy atom. The fraction of sp³-hybridized carbons (Fsp3) is 0.250. The van der Waals surface area contributed by atoms with E-state index in [-0.39, 0.29) is 11.9 Å². The van der Waals surface area contributed by atoms with E-state index in [4.69, 9.17) is 4.74 Å². The van der Waals surface area contributed by atoms with Crippen molar-refractivity contribution in [3.8, 4) is 0 Å². The normalized spacial score (nSPS) is 18.8. The van der Waals surface area contributed by atoms with Crippen molar-refractivity contribution in [3.05, 3.63) is 66.0 Å². The van der Waals surface area contributed by atoms with Crippen LogP contribution >= 0.6 is 0 Å². The highest BCUT2D eigenvalue weighted by Crippen LogP contribution is 2.25. The van der Waals surface area contributed by atoms with Gasteiger partial charge in [0, 0.05) is 18.9 Å². The highest BCUT2D eigenvalue weighted by molar-refractivity contribution is 5.94. The molecule has 4 nitrogen and oxygen atoms in total. The second-order valence-electron chi connectivity index (χ2n) is 4.74. The molecule has 1 aromatic carbocycles. The van der Waals surface area contributed by atoms with Gasteiger partial charge in [0.1, 0.15) is 0 Å². The number of ether oxygens (including phenoxy) is 1. The number of hydrogen-bond acceptors (Lipinski definition) is 3. The van der Waals surface area contributed by atoms with Crippen LogP contribution in [0.2, 0.25) is 0 Å². The Hall–Kier alpha value is -2.20. The highest BCUT2D eigenvalue weighted by Gasteiger charge is 2.29. The van der Waals surface area contributed by atoms with Gasteiger partial charge in [-0.25, -0.2) is 0 Å². The molecule has 1 saturated heterocycles. The van der Waals surface area contributed by atoms with Crippen molar-refractivity contribution in [1.82, 2.24) is 9.88 Å². The van der Waals surface area contributed by atoms with E-state index in [1.165, 1.54) is 0 Å². The van der Waals surface area contributed by atoms with Gasteiger partial charge in [-0.05, 0) is 17.7 Å². The predicted octanol–water partition coefficient (Wildman–Crippen LogP) is 2.30. The van der Waals surface area contributed by atoms with Crippen LogP contribution in [0.15, 0.2) is 54.9 Å². The molecule has 0 bridgehead atoms. The molecule has 1 unspecified atom stereocenters. The van der Waals surface area contributed by atoms with E-state index < -0.39 is 0 Å². The van der Waals surface area contributed by atoms with Crippen LogP contribution in [-0.4, -0.2) is 35.5 Å². The maximum atomic E-state index is 12.6. The van der Waals surface area contributed by atoms with Gasteiger partial charge in [-0.2, -0.15) is 0 Å². The molecule has 2 heterocycles. The van der Waals surface area contributed by atoms with Gasteiger partial charge < -0.3 is 9.64 Å². The molecule has 0 aliphatic carbocycles. The van der Waals surface area contributed by atoms with Crippen LogP contribution in [0.3, 0.4) is 0 Å². The van der Waals surface area contributed by atoms with Gasteiger partial charge in [0.05, 0.1) is 24.8 Å². The number of benzene rings is 1. The second-order valence-corrected chi connectivity index (χ2v) is 4.74. The van der Waals surface area contributed by atoms with E-state index in [0.29, 0.717) is 25.3 Å². The summed E-state index contributed by atoms with van der Waals surface area (Å²) in [6, 6.07) is 13.6. The fourth-order valence-corrected chi connectivity index (χ4v) is 2.45. The van der Waals surface area contributed by atoms with E-state index in [0.717, 1.165) is 5.56 Å². The minimum atomic E-state index is -0.0299. The summed E-state index contributed by atoms with van der Waals surface area (Å²) in [7, 11) is 0. The zero-order valence-corrected chi connectivity index (χ0v) is 11.1. The summed E-state index contributed by atoms with van der Waals surface area (Å²) in [5.74, 6) is 0.00949. The Kier molecular flexibility index (Phi) is 3.74. The number of carbonyl (C=O) groups excluding carboxylic acids is 1. The average Bonchev–Trinajstić information content (AvgIpc) is 2.56. The molecular formula is C16H16N2O2. The number of amides is 1. The van der Waals surface area contributed by atoms with Crippen molar-refractivity contribution in [2.75, 3.05) is 19.8 Å². The SMILES string of the molecule is O=C(c1cccnc1)N1CCOCC1c1ccccc1. The molecular weight excluding hydrogens is 252 g/mol. The summed E-state index contributed by atoms with van der Waals surface area (Å²) in [4.78, 5) is 18.5. The lowest BCUT2D eigenvalue weighted by Crippen LogP contribution is -2.43. The molecule has 0 radical (unpaired) electrons. The first-order chi connectivity index (χ1) is 9.86. The van der Waals surface area contributed by atoms with Crippen molar-refractivity contribution < 1.29 is 9.53 Å². The molecule has 1 amide bonds. The highest BCUT2D eigenvalue weighted by atomic mass is 16.5. The Labute approximate surface area is 118 Å². The standard InChI is InChI=1S/C16H16N2O2/c19-16(14-7-4-8-17-11-14)18-9-10-20-12-15(18)13-5-2-1-3-6-13/h1-8,11,15H,9-10,12H2. The van der Waals surface area contributed by atoms with Crippen LogP contribution in [-0.2, 0) is 4.74 Å². The molecule has 0 spiro atoms. The van der Waals surface area contributed by atoms with E-state index in [2.05, 4.69) is 4.98 Å². The number of hydrogen-bond donors (Lipinski definition) is 0. The fourth-order valence-electron chi connectivity index (χ4n) is 2.45. The van der Waals surface area contributed by atoms with Crippen LogP contribution in [0.1, 0.15) is 22.0 Å². The van der Waals surface area contributed by atoms with Crippen LogP contribution in [0.25, 0.3) is 0 Å². The third kappa shape index (κ3) is 2.56.